The van der Waals surface area contributed by atoms with Gasteiger partial charge in [-0.3, -0.25) is 4.79 Å². The minimum absolute atomic E-state index is 0.0516. The number of hydrogen-bond donors (Lipinski definition) is 1. The van der Waals surface area contributed by atoms with E-state index >= 15 is 0 Å². The Kier molecular flexibility index (Phi) is 3.78. The number of aliphatic hydroxyl groups is 1. The molecule has 0 radical (unpaired) electrons. The molecule has 0 saturated carbocycles. The fourth-order valence-corrected chi connectivity index (χ4v) is 1.53. The molecule has 0 aromatic carbocycles. The van der Waals surface area contributed by atoms with Crippen LogP contribution in [0, 0.1) is 12.3 Å². The lowest BCUT2D eigenvalue weighted by molar-refractivity contribution is -0.146. The normalized spacial score (nSPS) is 22.9. The maximum atomic E-state index is 11.3. The first kappa shape index (κ1) is 10.1. The van der Waals surface area contributed by atoms with Crippen molar-refractivity contribution in [1.82, 2.24) is 4.90 Å². The monoisotopic (exact) mass is 181 g/mol. The molecule has 1 aliphatic rings. The maximum Gasteiger partial charge on any atom is 0.224 e. The topological polar surface area (TPSA) is 40.5 Å². The van der Waals surface area contributed by atoms with E-state index < -0.39 is 6.23 Å². The molecule has 3 nitrogen and oxygen atoms in total. The minimum Gasteiger partial charge on any atom is -0.374 e. The quantitative estimate of drug-likeness (QED) is 0.515. The smallest absolute Gasteiger partial charge is 0.224 e. The molecule has 0 spiro atoms. The Hall–Kier alpha value is -1.01. The number of carbonyl (C=O) groups excluding carboxylic acids is 1. The number of aliphatic hydroxyl groups excluding tert-OH is 1. The number of nitrogens with zero attached hydrogens (tertiary/aromatic N) is 1. The Balaban J connectivity index is 2.36. The van der Waals surface area contributed by atoms with E-state index in [1.807, 2.05) is 0 Å². The number of hydrogen-bond acceptors (Lipinski definition) is 2. The van der Waals surface area contributed by atoms with Gasteiger partial charge in [0.05, 0.1) is 0 Å². The number of amides is 1. The predicted octanol–water partition coefficient (Wildman–Crippen LogP) is 0.731. The number of piperidine rings is 1. The van der Waals surface area contributed by atoms with Crippen molar-refractivity contribution in [2.75, 3.05) is 6.54 Å². The summed E-state index contributed by atoms with van der Waals surface area (Å²) in [5, 5.41) is 9.49. The Bertz CT molecular complexity index is 219. The van der Waals surface area contributed by atoms with Crippen molar-refractivity contribution in [2.45, 2.75) is 38.3 Å². The van der Waals surface area contributed by atoms with Crippen LogP contribution in [0.2, 0.25) is 0 Å². The Labute approximate surface area is 78.7 Å². The maximum absolute atomic E-state index is 11.3. The van der Waals surface area contributed by atoms with Gasteiger partial charge in [-0.05, 0) is 19.3 Å². The summed E-state index contributed by atoms with van der Waals surface area (Å²) in [7, 11) is 0. The van der Waals surface area contributed by atoms with Crippen molar-refractivity contribution in [3.63, 3.8) is 0 Å². The molecule has 13 heavy (non-hydrogen) atoms. The predicted molar refractivity (Wildman–Crippen MR) is 49.6 cm³/mol. The molecule has 1 fully saturated rings. The fraction of sp³-hybridized carbons (Fsp3) is 0.700. The van der Waals surface area contributed by atoms with Gasteiger partial charge in [-0.25, -0.2) is 0 Å². The van der Waals surface area contributed by atoms with Crippen LogP contribution >= 0.6 is 0 Å². The molecule has 0 aliphatic carbocycles. The van der Waals surface area contributed by atoms with E-state index in [4.69, 9.17) is 6.42 Å². The molecule has 1 amide bonds. The van der Waals surface area contributed by atoms with Crippen LogP contribution < -0.4 is 0 Å². The second-order valence-corrected chi connectivity index (χ2v) is 3.27. The van der Waals surface area contributed by atoms with E-state index in [9.17, 15) is 9.90 Å². The molecular formula is C10H15NO2. The first-order valence-corrected chi connectivity index (χ1v) is 4.66. The first-order valence-electron chi connectivity index (χ1n) is 4.66. The molecule has 72 valence electrons. The summed E-state index contributed by atoms with van der Waals surface area (Å²) >= 11 is 0. The molecule has 1 aliphatic heterocycles. The van der Waals surface area contributed by atoms with Crippen LogP contribution in [-0.2, 0) is 4.79 Å². The average molecular weight is 181 g/mol. The van der Waals surface area contributed by atoms with Crippen molar-refractivity contribution >= 4 is 5.91 Å². The summed E-state index contributed by atoms with van der Waals surface area (Å²) in [6.07, 6.45) is 8.01. The second-order valence-electron chi connectivity index (χ2n) is 3.27. The fourth-order valence-electron chi connectivity index (χ4n) is 1.53. The molecule has 1 heterocycles. The highest BCUT2D eigenvalue weighted by Crippen LogP contribution is 2.16. The van der Waals surface area contributed by atoms with Crippen molar-refractivity contribution < 1.29 is 9.90 Å². The van der Waals surface area contributed by atoms with Crippen LogP contribution in [-0.4, -0.2) is 28.7 Å². The largest absolute Gasteiger partial charge is 0.374 e. The summed E-state index contributed by atoms with van der Waals surface area (Å²) < 4.78 is 0. The Morgan fingerprint density at radius 1 is 1.69 bits per heavy atom. The summed E-state index contributed by atoms with van der Waals surface area (Å²) in [5.74, 6) is 2.57. The third kappa shape index (κ3) is 2.74. The summed E-state index contributed by atoms with van der Waals surface area (Å²) in [6, 6.07) is 0. The second kappa shape index (κ2) is 4.88. The van der Waals surface area contributed by atoms with Crippen LogP contribution in [0.3, 0.4) is 0 Å². The van der Waals surface area contributed by atoms with E-state index in [1.54, 1.807) is 0 Å². The average Bonchev–Trinajstić information content (AvgIpc) is 2.10. The lowest BCUT2D eigenvalue weighted by Gasteiger charge is -2.31. The summed E-state index contributed by atoms with van der Waals surface area (Å²) in [6.45, 7) is 0.588. The van der Waals surface area contributed by atoms with Crippen molar-refractivity contribution in [3.8, 4) is 12.3 Å². The molecule has 0 aromatic heterocycles. The van der Waals surface area contributed by atoms with Gasteiger partial charge in [-0.1, -0.05) is 0 Å². The van der Waals surface area contributed by atoms with Crippen LogP contribution in [0.5, 0.6) is 0 Å². The third-order valence-corrected chi connectivity index (χ3v) is 2.25. The van der Waals surface area contributed by atoms with Gasteiger partial charge < -0.3 is 10.0 Å². The highest BCUT2D eigenvalue weighted by molar-refractivity contribution is 5.77. The van der Waals surface area contributed by atoms with E-state index in [-0.39, 0.29) is 5.91 Å². The lowest BCUT2D eigenvalue weighted by atomic mass is 10.1. The zero-order valence-corrected chi connectivity index (χ0v) is 7.70. The van der Waals surface area contributed by atoms with Crippen molar-refractivity contribution in [1.29, 1.82) is 0 Å². The van der Waals surface area contributed by atoms with Gasteiger partial charge in [0.25, 0.3) is 0 Å². The number of carbonyl (C=O) groups is 1. The molecule has 1 saturated heterocycles. The molecular weight excluding hydrogens is 166 g/mol. The lowest BCUT2D eigenvalue weighted by Crippen LogP contribution is -2.43. The van der Waals surface area contributed by atoms with Gasteiger partial charge >= 0.3 is 0 Å². The molecule has 0 aromatic rings. The molecule has 1 rings (SSSR count). The Morgan fingerprint density at radius 2 is 2.46 bits per heavy atom. The number of likely N-dealkylation sites (tertiary alicyclic amines) is 1. The van der Waals surface area contributed by atoms with Crippen LogP contribution in [0.15, 0.2) is 0 Å². The highest BCUT2D eigenvalue weighted by atomic mass is 16.3. The summed E-state index contributed by atoms with van der Waals surface area (Å²) in [5.41, 5.74) is 0. The van der Waals surface area contributed by atoms with E-state index in [0.717, 1.165) is 12.8 Å². The van der Waals surface area contributed by atoms with E-state index in [0.29, 0.717) is 25.8 Å². The van der Waals surface area contributed by atoms with Gasteiger partial charge in [-0.15, -0.1) is 12.3 Å². The van der Waals surface area contributed by atoms with Crippen LogP contribution in [0.25, 0.3) is 0 Å². The minimum atomic E-state index is -0.584. The molecule has 1 atom stereocenters. The molecule has 1 N–H and O–H groups in total. The number of terminal acetylenes is 1. The van der Waals surface area contributed by atoms with Gasteiger partial charge in [0, 0.05) is 19.4 Å². The zero-order valence-electron chi connectivity index (χ0n) is 7.70. The standard InChI is InChI=1S/C10H15NO2/c1-2-3-4-8-11-9(12)6-5-7-10(11)13/h1,9,12H,3-8H2. The SMILES string of the molecule is C#CCCCN1C(=O)CCCC1O. The molecule has 0 bridgehead atoms. The zero-order chi connectivity index (χ0) is 9.68. The van der Waals surface area contributed by atoms with Gasteiger partial charge in [0.2, 0.25) is 5.91 Å². The number of rotatable bonds is 3. The first-order chi connectivity index (χ1) is 6.25. The third-order valence-electron chi connectivity index (χ3n) is 2.25. The number of unbranched alkanes of at least 4 members (excludes halogenated alkanes) is 1. The Morgan fingerprint density at radius 3 is 3.08 bits per heavy atom. The highest BCUT2D eigenvalue weighted by Gasteiger charge is 2.25. The summed E-state index contributed by atoms with van der Waals surface area (Å²) in [4.78, 5) is 12.8. The molecule has 1 unspecified atom stereocenters. The van der Waals surface area contributed by atoms with Crippen molar-refractivity contribution in [2.24, 2.45) is 0 Å². The van der Waals surface area contributed by atoms with Crippen LogP contribution in [0.4, 0.5) is 0 Å². The van der Waals surface area contributed by atoms with E-state index in [2.05, 4.69) is 5.92 Å². The van der Waals surface area contributed by atoms with Crippen molar-refractivity contribution in [3.05, 3.63) is 0 Å². The molecule has 3 heteroatoms. The van der Waals surface area contributed by atoms with Gasteiger partial charge in [0.15, 0.2) is 0 Å². The van der Waals surface area contributed by atoms with Crippen LogP contribution in [0.1, 0.15) is 32.1 Å². The van der Waals surface area contributed by atoms with Gasteiger partial charge in [-0.2, -0.15) is 0 Å². The van der Waals surface area contributed by atoms with E-state index in [1.165, 1.54) is 4.90 Å². The van der Waals surface area contributed by atoms with Gasteiger partial charge in [0.1, 0.15) is 6.23 Å².